The second-order valence-electron chi connectivity index (χ2n) is 11.1. The Balaban J connectivity index is 1.07. The topological polar surface area (TPSA) is 152 Å². The number of anilines is 4. The third kappa shape index (κ3) is 5.48. The van der Waals surface area contributed by atoms with Crippen LogP contribution in [0.4, 0.5) is 23.4 Å². The second kappa shape index (κ2) is 11.6. The number of carbonyl (C=O) groups excluding carboxylic acids is 2. The molecule has 0 amide bonds. The summed E-state index contributed by atoms with van der Waals surface area (Å²) in [5, 5.41) is 4.30. The van der Waals surface area contributed by atoms with Crippen LogP contribution in [0.5, 0.6) is 0 Å². The number of nitrogens with two attached hydrogens (primary N) is 1. The fourth-order valence-electron chi connectivity index (χ4n) is 5.93. The van der Waals surface area contributed by atoms with Crippen LogP contribution in [0.2, 0.25) is 5.02 Å². The first-order valence-electron chi connectivity index (χ1n) is 13.9. The number of rotatable bonds is 7. The zero-order chi connectivity index (χ0) is 29.4. The monoisotopic (exact) mass is 609 g/mol. The molecule has 3 aliphatic rings. The van der Waals surface area contributed by atoms with E-state index in [0.29, 0.717) is 47.1 Å². The van der Waals surface area contributed by atoms with Gasteiger partial charge in [0.2, 0.25) is 5.95 Å². The van der Waals surface area contributed by atoms with E-state index in [1.165, 1.54) is 18.9 Å². The van der Waals surface area contributed by atoms with Crippen LogP contribution in [0, 0.1) is 17.3 Å². The highest BCUT2D eigenvalue weighted by Crippen LogP contribution is 2.46. The van der Waals surface area contributed by atoms with Crippen LogP contribution in [0.1, 0.15) is 26.2 Å². The number of pyridine rings is 1. The minimum Gasteiger partial charge on any atom is -0.469 e. The molecule has 12 nitrogen and oxygen atoms in total. The molecule has 3 fully saturated rings. The van der Waals surface area contributed by atoms with Gasteiger partial charge in [-0.25, -0.2) is 19.9 Å². The molecule has 0 radical (unpaired) electrons. The number of Topliss-reactive ketones (excluding diaryl/α,β-unsaturated/α-hetero) is 1. The zero-order valence-corrected chi connectivity index (χ0v) is 24.9. The number of carbonyl (C=O) groups is 2. The first kappa shape index (κ1) is 28.6. The number of esters is 1. The Hall–Kier alpha value is -3.55. The van der Waals surface area contributed by atoms with Gasteiger partial charge in [0.05, 0.1) is 30.4 Å². The number of methoxy groups -OCH3 is 1. The summed E-state index contributed by atoms with van der Waals surface area (Å²) in [4.78, 5) is 51.4. The van der Waals surface area contributed by atoms with Gasteiger partial charge >= 0.3 is 5.97 Å². The van der Waals surface area contributed by atoms with E-state index in [-0.39, 0.29) is 35.0 Å². The Kier molecular flexibility index (Phi) is 7.90. The number of ether oxygens (including phenoxy) is 1. The highest BCUT2D eigenvalue weighted by molar-refractivity contribution is 7.99. The maximum atomic E-state index is 12.3. The van der Waals surface area contributed by atoms with E-state index in [4.69, 9.17) is 22.1 Å². The van der Waals surface area contributed by atoms with Crippen LogP contribution >= 0.6 is 23.4 Å². The third-order valence-electron chi connectivity index (χ3n) is 8.63. The average Bonchev–Trinajstić information content (AvgIpc) is 3.18. The molecule has 3 aromatic heterocycles. The van der Waals surface area contributed by atoms with Crippen molar-refractivity contribution in [1.82, 2.24) is 24.9 Å². The van der Waals surface area contributed by atoms with E-state index >= 15 is 0 Å². The molecule has 0 aromatic carbocycles. The predicted octanol–water partition coefficient (Wildman–Crippen LogP) is 3.34. The summed E-state index contributed by atoms with van der Waals surface area (Å²) in [7, 11) is 1.39. The van der Waals surface area contributed by atoms with E-state index in [1.54, 1.807) is 30.9 Å². The normalized spacial score (nSPS) is 21.9. The highest BCUT2D eigenvalue weighted by Gasteiger charge is 2.50. The number of halogens is 1. The number of aromatic nitrogens is 5. The van der Waals surface area contributed by atoms with Gasteiger partial charge in [0.25, 0.3) is 0 Å². The van der Waals surface area contributed by atoms with Gasteiger partial charge in [0.1, 0.15) is 22.4 Å². The van der Waals surface area contributed by atoms with Crippen molar-refractivity contribution in [1.29, 1.82) is 0 Å². The number of hydrogen-bond acceptors (Lipinski definition) is 13. The molecule has 0 bridgehead atoms. The molecule has 1 spiro atoms. The predicted molar refractivity (Wildman–Crippen MR) is 159 cm³/mol. The molecular formula is C28H32ClN9O3S. The van der Waals surface area contributed by atoms with Crippen LogP contribution in [0.3, 0.4) is 0 Å². The molecule has 1 saturated carbocycles. The number of hydrogen-bond donors (Lipinski definition) is 2. The lowest BCUT2D eigenvalue weighted by atomic mass is 9.73. The van der Waals surface area contributed by atoms with Crippen molar-refractivity contribution in [3.8, 4) is 0 Å². The lowest BCUT2D eigenvalue weighted by molar-refractivity contribution is -0.146. The Morgan fingerprint density at radius 1 is 1.12 bits per heavy atom. The van der Waals surface area contributed by atoms with Crippen molar-refractivity contribution in [2.24, 2.45) is 23.0 Å². The molecule has 5 heterocycles. The van der Waals surface area contributed by atoms with Gasteiger partial charge in [0, 0.05) is 61.8 Å². The molecule has 2 saturated heterocycles. The van der Waals surface area contributed by atoms with Crippen molar-refractivity contribution in [2.45, 2.75) is 42.1 Å². The zero-order valence-electron chi connectivity index (χ0n) is 23.4. The average molecular weight is 610 g/mol. The minimum atomic E-state index is -0.229. The lowest BCUT2D eigenvalue weighted by Crippen LogP contribution is -2.51. The largest absolute Gasteiger partial charge is 0.469 e. The SMILES string of the molecule is COC(=O)C1CN(c2nccc(Nc3nccc(Sc4cnc(N5CCC6(CC5)CC(=O)[C@@H](C)[C@@H]6N)cn4)c3Cl)n2)C1. The van der Waals surface area contributed by atoms with Crippen LogP contribution in [-0.4, -0.2) is 76.0 Å². The summed E-state index contributed by atoms with van der Waals surface area (Å²) in [6.07, 6.45) is 9.17. The first-order chi connectivity index (χ1) is 20.3. The van der Waals surface area contributed by atoms with E-state index in [1.807, 2.05) is 17.9 Å². The van der Waals surface area contributed by atoms with Gasteiger partial charge in [-0.1, -0.05) is 30.3 Å². The maximum Gasteiger partial charge on any atom is 0.312 e. The van der Waals surface area contributed by atoms with Gasteiger partial charge in [-0.05, 0) is 30.4 Å². The standard InChI is InChI=1S/C28H32ClN9O3S/c1-16-18(39)11-28(24(16)30)5-9-37(10-6-28)21-12-34-22(13-33-21)42-19-3-7-31-25(23(19)29)35-20-4-8-32-27(36-20)38-14-17(15-38)26(40)41-2/h3-4,7-8,12-13,16-17,24H,5-6,9-11,14-15,30H2,1-2H3,(H,31,32,35,36)/t16-,24+/m1/s1. The van der Waals surface area contributed by atoms with Crippen molar-refractivity contribution >= 4 is 58.5 Å². The number of piperidine rings is 1. The summed E-state index contributed by atoms with van der Waals surface area (Å²) >= 11 is 8.12. The van der Waals surface area contributed by atoms with Crippen molar-refractivity contribution in [2.75, 3.05) is 48.4 Å². The summed E-state index contributed by atoms with van der Waals surface area (Å²) < 4.78 is 4.80. The number of ketones is 1. The van der Waals surface area contributed by atoms with Crippen LogP contribution < -0.4 is 20.9 Å². The van der Waals surface area contributed by atoms with E-state index in [9.17, 15) is 9.59 Å². The highest BCUT2D eigenvalue weighted by atomic mass is 35.5. The Morgan fingerprint density at radius 3 is 2.55 bits per heavy atom. The smallest absolute Gasteiger partial charge is 0.312 e. The van der Waals surface area contributed by atoms with Gasteiger partial charge in [0.15, 0.2) is 5.82 Å². The molecule has 1 aliphatic carbocycles. The molecule has 42 heavy (non-hydrogen) atoms. The molecule has 3 aromatic rings. The van der Waals surface area contributed by atoms with E-state index in [0.717, 1.165) is 36.6 Å². The molecular weight excluding hydrogens is 578 g/mol. The second-order valence-corrected chi connectivity index (χ2v) is 12.5. The molecule has 2 atom stereocenters. The molecule has 14 heteroatoms. The Morgan fingerprint density at radius 2 is 1.88 bits per heavy atom. The van der Waals surface area contributed by atoms with Crippen molar-refractivity contribution in [3.05, 3.63) is 41.9 Å². The number of nitrogens with one attached hydrogen (secondary N) is 1. The fraction of sp³-hybridized carbons (Fsp3) is 0.464. The van der Waals surface area contributed by atoms with Crippen LogP contribution in [0.15, 0.2) is 46.8 Å². The lowest BCUT2D eigenvalue weighted by Gasteiger charge is -2.42. The number of nitrogens with zero attached hydrogens (tertiary/aromatic N) is 7. The maximum absolute atomic E-state index is 12.3. The van der Waals surface area contributed by atoms with Crippen molar-refractivity contribution in [3.63, 3.8) is 0 Å². The van der Waals surface area contributed by atoms with Crippen LogP contribution in [-0.2, 0) is 14.3 Å². The summed E-state index contributed by atoms with van der Waals surface area (Å²) in [5.74, 6) is 2.13. The van der Waals surface area contributed by atoms with Gasteiger partial charge < -0.3 is 25.6 Å². The molecule has 6 rings (SSSR count). The van der Waals surface area contributed by atoms with E-state index in [2.05, 4.69) is 35.1 Å². The van der Waals surface area contributed by atoms with Crippen molar-refractivity contribution < 1.29 is 14.3 Å². The quantitative estimate of drug-likeness (QED) is 0.377. The molecule has 220 valence electrons. The summed E-state index contributed by atoms with van der Waals surface area (Å²) in [6, 6.07) is 3.48. The van der Waals surface area contributed by atoms with Gasteiger partial charge in [-0.3, -0.25) is 9.59 Å². The fourth-order valence-corrected chi connectivity index (χ4v) is 6.95. The molecule has 3 N–H and O–H groups in total. The molecule has 0 unspecified atom stereocenters. The first-order valence-corrected chi connectivity index (χ1v) is 15.1. The summed E-state index contributed by atoms with van der Waals surface area (Å²) in [5.41, 5.74) is 6.37. The van der Waals surface area contributed by atoms with Crippen LogP contribution in [0.25, 0.3) is 0 Å². The van der Waals surface area contributed by atoms with E-state index < -0.39 is 0 Å². The molecule has 2 aliphatic heterocycles. The van der Waals surface area contributed by atoms with Gasteiger partial charge in [-0.15, -0.1) is 0 Å². The van der Waals surface area contributed by atoms with Gasteiger partial charge in [-0.2, -0.15) is 4.98 Å². The third-order valence-corrected chi connectivity index (χ3v) is 10.1. The Bertz CT molecular complexity index is 1480. The Labute approximate surface area is 252 Å². The minimum absolute atomic E-state index is 0.0606. The summed E-state index contributed by atoms with van der Waals surface area (Å²) in [6.45, 7) is 4.57.